The number of aliphatic hydroxyl groups is 1. The van der Waals surface area contributed by atoms with Gasteiger partial charge in [0.05, 0.1) is 23.2 Å². The Balaban J connectivity index is 1.56. The molecule has 0 bridgehead atoms. The molecule has 6 heteroatoms. The minimum atomic E-state index is 0.199. The maximum Gasteiger partial charge on any atom is 0.148 e. The lowest BCUT2D eigenvalue weighted by Crippen LogP contribution is -2.29. The molecule has 0 aliphatic carbocycles. The van der Waals surface area contributed by atoms with Crippen LogP contribution in [0, 0.1) is 5.41 Å². The van der Waals surface area contributed by atoms with Crippen LogP contribution in [0.1, 0.15) is 11.4 Å². The number of aromatic nitrogens is 2. The summed E-state index contributed by atoms with van der Waals surface area (Å²) in [6, 6.07) is 15.5. The number of fused-ring (bicyclic) bond motifs is 1. The molecule has 0 saturated carbocycles. The average Bonchev–Trinajstić information content (AvgIpc) is 3.11. The zero-order chi connectivity index (χ0) is 18.3. The standard InChI is InChI=1S/C20H19ClN4O/c1-24-16-5-3-2-4-15(16)23-20(24)18-17(26)12-25(19(18)22)11-10-13-6-8-14(21)9-7-13/h2-9,22,26H,10-12H2,1H3. The van der Waals surface area contributed by atoms with Crippen LogP contribution in [0.5, 0.6) is 0 Å². The minimum Gasteiger partial charge on any atom is -0.510 e. The predicted octanol–water partition coefficient (Wildman–Crippen LogP) is 4.03. The van der Waals surface area contributed by atoms with Gasteiger partial charge in [0.2, 0.25) is 0 Å². The molecule has 26 heavy (non-hydrogen) atoms. The number of benzene rings is 2. The first-order valence-electron chi connectivity index (χ1n) is 8.47. The number of hydrogen-bond acceptors (Lipinski definition) is 3. The Kier molecular flexibility index (Phi) is 4.17. The number of para-hydroxylation sites is 2. The van der Waals surface area contributed by atoms with Crippen LogP contribution in [0.4, 0.5) is 0 Å². The lowest BCUT2D eigenvalue weighted by molar-refractivity contribution is 0.351. The van der Waals surface area contributed by atoms with E-state index in [1.54, 1.807) is 0 Å². The topological polar surface area (TPSA) is 65.1 Å². The number of aliphatic hydroxyl groups excluding tert-OH is 1. The summed E-state index contributed by atoms with van der Waals surface area (Å²) in [7, 11) is 1.91. The van der Waals surface area contributed by atoms with Gasteiger partial charge in [0, 0.05) is 18.6 Å². The third-order valence-electron chi connectivity index (χ3n) is 4.78. The molecular formula is C20H19ClN4O. The number of rotatable bonds is 4. The molecule has 0 unspecified atom stereocenters. The van der Waals surface area contributed by atoms with E-state index in [0.29, 0.717) is 35.3 Å². The number of aryl methyl sites for hydroxylation is 1. The van der Waals surface area contributed by atoms with E-state index < -0.39 is 0 Å². The van der Waals surface area contributed by atoms with Crippen LogP contribution < -0.4 is 0 Å². The van der Waals surface area contributed by atoms with Gasteiger partial charge >= 0.3 is 0 Å². The number of nitrogens with one attached hydrogen (secondary N) is 1. The summed E-state index contributed by atoms with van der Waals surface area (Å²) >= 11 is 5.92. The first kappa shape index (κ1) is 16.7. The van der Waals surface area contributed by atoms with E-state index in [1.807, 2.05) is 65.0 Å². The molecule has 0 saturated heterocycles. The molecule has 1 aliphatic rings. The molecule has 4 rings (SSSR count). The highest BCUT2D eigenvalue weighted by Gasteiger charge is 2.31. The fourth-order valence-electron chi connectivity index (χ4n) is 3.34. The summed E-state index contributed by atoms with van der Waals surface area (Å²) in [5, 5.41) is 19.7. The van der Waals surface area contributed by atoms with E-state index in [2.05, 4.69) is 4.98 Å². The van der Waals surface area contributed by atoms with E-state index in [1.165, 1.54) is 0 Å². The van der Waals surface area contributed by atoms with Crippen molar-refractivity contribution in [1.29, 1.82) is 5.41 Å². The van der Waals surface area contributed by atoms with E-state index in [-0.39, 0.29) is 5.76 Å². The largest absolute Gasteiger partial charge is 0.510 e. The molecule has 0 fully saturated rings. The van der Waals surface area contributed by atoms with Crippen LogP contribution in [0.25, 0.3) is 16.6 Å². The lowest BCUT2D eigenvalue weighted by atomic mass is 10.1. The molecule has 2 heterocycles. The molecule has 2 aromatic carbocycles. The summed E-state index contributed by atoms with van der Waals surface area (Å²) in [5.41, 5.74) is 3.51. The van der Waals surface area contributed by atoms with Gasteiger partial charge in [-0.15, -0.1) is 0 Å². The van der Waals surface area contributed by atoms with Gasteiger partial charge in [0.1, 0.15) is 17.4 Å². The maximum absolute atomic E-state index is 10.5. The normalized spacial score (nSPS) is 14.7. The van der Waals surface area contributed by atoms with Crippen molar-refractivity contribution in [3.8, 4) is 0 Å². The molecule has 5 nitrogen and oxygen atoms in total. The smallest absolute Gasteiger partial charge is 0.148 e. The van der Waals surface area contributed by atoms with Gasteiger partial charge in [-0.25, -0.2) is 4.98 Å². The second-order valence-electron chi connectivity index (χ2n) is 6.45. The third kappa shape index (κ3) is 2.84. The van der Waals surface area contributed by atoms with Crippen molar-refractivity contribution < 1.29 is 5.11 Å². The summed E-state index contributed by atoms with van der Waals surface area (Å²) in [6.45, 7) is 0.989. The Hall–Kier alpha value is -2.79. The van der Waals surface area contributed by atoms with Crippen LogP contribution >= 0.6 is 11.6 Å². The van der Waals surface area contributed by atoms with E-state index in [4.69, 9.17) is 17.0 Å². The molecule has 0 atom stereocenters. The van der Waals surface area contributed by atoms with Crippen molar-refractivity contribution >= 4 is 34.0 Å². The average molecular weight is 367 g/mol. The van der Waals surface area contributed by atoms with Crippen LogP contribution in [0.3, 0.4) is 0 Å². The zero-order valence-electron chi connectivity index (χ0n) is 14.4. The van der Waals surface area contributed by atoms with Crippen LogP contribution in [0.15, 0.2) is 54.3 Å². The fourth-order valence-corrected chi connectivity index (χ4v) is 3.47. The number of amidine groups is 1. The highest BCUT2D eigenvalue weighted by atomic mass is 35.5. The fraction of sp³-hybridized carbons (Fsp3) is 0.200. The number of imidazole rings is 1. The number of halogens is 1. The van der Waals surface area contributed by atoms with Gasteiger partial charge in [-0.1, -0.05) is 35.9 Å². The highest BCUT2D eigenvalue weighted by molar-refractivity contribution is 6.30. The van der Waals surface area contributed by atoms with Crippen molar-refractivity contribution in [3.05, 3.63) is 70.7 Å². The second-order valence-corrected chi connectivity index (χ2v) is 6.89. The van der Waals surface area contributed by atoms with Crippen molar-refractivity contribution in [2.75, 3.05) is 13.1 Å². The summed E-state index contributed by atoms with van der Waals surface area (Å²) in [6.07, 6.45) is 0.780. The molecule has 0 radical (unpaired) electrons. The summed E-state index contributed by atoms with van der Waals surface area (Å²) in [4.78, 5) is 6.49. The molecule has 1 aliphatic heterocycles. The predicted molar refractivity (Wildman–Crippen MR) is 105 cm³/mol. The van der Waals surface area contributed by atoms with E-state index in [0.717, 1.165) is 23.0 Å². The minimum absolute atomic E-state index is 0.199. The van der Waals surface area contributed by atoms with Gasteiger partial charge in [-0.05, 0) is 36.2 Å². The quantitative estimate of drug-likeness (QED) is 0.732. The third-order valence-corrected chi connectivity index (χ3v) is 5.03. The first-order chi connectivity index (χ1) is 12.5. The van der Waals surface area contributed by atoms with Gasteiger partial charge in [-0.2, -0.15) is 0 Å². The Bertz CT molecular complexity index is 1020. The molecular weight excluding hydrogens is 348 g/mol. The number of hydrogen-bond donors (Lipinski definition) is 2. The highest BCUT2D eigenvalue weighted by Crippen LogP contribution is 2.29. The SMILES string of the molecule is Cn1c(C2=C(O)CN(CCc3ccc(Cl)cc3)C2=N)nc2ccccc21. The zero-order valence-corrected chi connectivity index (χ0v) is 15.2. The van der Waals surface area contributed by atoms with Gasteiger partial charge in [-0.3, -0.25) is 5.41 Å². The van der Waals surface area contributed by atoms with Gasteiger partial charge in [0.15, 0.2) is 0 Å². The van der Waals surface area contributed by atoms with Crippen LogP contribution in [0.2, 0.25) is 5.02 Å². The van der Waals surface area contributed by atoms with Crippen molar-refractivity contribution in [2.45, 2.75) is 6.42 Å². The van der Waals surface area contributed by atoms with Gasteiger partial charge < -0.3 is 14.6 Å². The molecule has 0 amide bonds. The van der Waals surface area contributed by atoms with E-state index in [9.17, 15) is 5.11 Å². The second kappa shape index (κ2) is 6.50. The molecule has 2 N–H and O–H groups in total. The Morgan fingerprint density at radius 3 is 2.62 bits per heavy atom. The Morgan fingerprint density at radius 1 is 1.15 bits per heavy atom. The van der Waals surface area contributed by atoms with Crippen LogP contribution in [-0.2, 0) is 13.5 Å². The first-order valence-corrected chi connectivity index (χ1v) is 8.84. The molecule has 3 aromatic rings. The monoisotopic (exact) mass is 366 g/mol. The maximum atomic E-state index is 10.5. The molecule has 0 spiro atoms. The van der Waals surface area contributed by atoms with Crippen LogP contribution in [-0.4, -0.2) is 38.5 Å². The summed E-state index contributed by atoms with van der Waals surface area (Å²) < 4.78 is 1.93. The van der Waals surface area contributed by atoms with E-state index >= 15 is 0 Å². The molecule has 132 valence electrons. The number of nitrogens with zero attached hydrogens (tertiary/aromatic N) is 3. The van der Waals surface area contributed by atoms with Gasteiger partial charge in [0.25, 0.3) is 0 Å². The van der Waals surface area contributed by atoms with Crippen molar-refractivity contribution in [1.82, 2.24) is 14.5 Å². The Labute approximate surface area is 156 Å². The van der Waals surface area contributed by atoms with Crippen molar-refractivity contribution in [2.24, 2.45) is 7.05 Å². The van der Waals surface area contributed by atoms with Crippen molar-refractivity contribution in [3.63, 3.8) is 0 Å². The molecule has 1 aromatic heterocycles. The summed E-state index contributed by atoms with van der Waals surface area (Å²) in [5.74, 6) is 1.14. The Morgan fingerprint density at radius 2 is 1.88 bits per heavy atom. The lowest BCUT2D eigenvalue weighted by Gasteiger charge is -2.18.